The highest BCUT2D eigenvalue weighted by Crippen LogP contribution is 2.21. The molecule has 1 amide bonds. The first-order chi connectivity index (χ1) is 8.97. The van der Waals surface area contributed by atoms with Gasteiger partial charge in [0.1, 0.15) is 0 Å². The Kier molecular flexibility index (Phi) is 5.30. The lowest BCUT2D eigenvalue weighted by Crippen LogP contribution is -2.34. The van der Waals surface area contributed by atoms with Crippen LogP contribution in [0, 0.1) is 13.8 Å². The second kappa shape index (κ2) is 6.73. The van der Waals surface area contributed by atoms with Gasteiger partial charge in [-0.1, -0.05) is 24.3 Å². The van der Waals surface area contributed by atoms with E-state index in [-0.39, 0.29) is 12.3 Å². The Bertz CT molecular complexity index is 494. The van der Waals surface area contributed by atoms with Crippen molar-refractivity contribution in [2.24, 2.45) is 0 Å². The maximum absolute atomic E-state index is 11.7. The summed E-state index contributed by atoms with van der Waals surface area (Å²) in [5.41, 5.74) is 2.52. The molecule has 0 spiro atoms. The van der Waals surface area contributed by atoms with Gasteiger partial charge in [-0.15, -0.1) is 6.58 Å². The van der Waals surface area contributed by atoms with Crippen LogP contribution in [0.4, 0.5) is 0 Å². The third-order valence-electron chi connectivity index (χ3n) is 3.09. The first kappa shape index (κ1) is 15.0. The number of aryl methyl sites for hydroxylation is 1. The van der Waals surface area contributed by atoms with E-state index in [1.54, 1.807) is 18.2 Å². The van der Waals surface area contributed by atoms with Crippen molar-refractivity contribution >= 4 is 11.9 Å². The highest BCUT2D eigenvalue weighted by Gasteiger charge is 2.23. The average Bonchev–Trinajstić information content (AvgIpc) is 2.37. The van der Waals surface area contributed by atoms with Gasteiger partial charge >= 0.3 is 5.97 Å². The molecule has 2 N–H and O–H groups in total. The van der Waals surface area contributed by atoms with Crippen LogP contribution in [-0.4, -0.2) is 17.0 Å². The van der Waals surface area contributed by atoms with E-state index >= 15 is 0 Å². The summed E-state index contributed by atoms with van der Waals surface area (Å²) in [5.74, 6) is -1.34. The molecule has 1 rings (SSSR count). The van der Waals surface area contributed by atoms with E-state index in [1.165, 1.54) is 0 Å². The number of benzene rings is 1. The smallest absolute Gasteiger partial charge is 0.330 e. The van der Waals surface area contributed by atoms with Crippen LogP contribution in [0.15, 0.2) is 30.9 Å². The van der Waals surface area contributed by atoms with Crippen LogP contribution in [-0.2, 0) is 9.59 Å². The quantitative estimate of drug-likeness (QED) is 0.773. The zero-order chi connectivity index (χ0) is 14.4. The molecule has 102 valence electrons. The van der Waals surface area contributed by atoms with Gasteiger partial charge in [-0.25, -0.2) is 4.79 Å². The summed E-state index contributed by atoms with van der Waals surface area (Å²) in [6.45, 7) is 7.31. The number of amides is 1. The Morgan fingerprint density at radius 3 is 2.68 bits per heavy atom. The van der Waals surface area contributed by atoms with Gasteiger partial charge in [-0.05, 0) is 37.0 Å². The van der Waals surface area contributed by atoms with Crippen LogP contribution >= 0.6 is 0 Å². The van der Waals surface area contributed by atoms with E-state index in [9.17, 15) is 14.7 Å². The lowest BCUT2D eigenvalue weighted by atomic mass is 9.97. The molecule has 0 aromatic heterocycles. The van der Waals surface area contributed by atoms with Gasteiger partial charge in [0, 0.05) is 6.42 Å². The van der Waals surface area contributed by atoms with E-state index < -0.39 is 12.0 Å². The van der Waals surface area contributed by atoms with E-state index in [0.717, 1.165) is 11.1 Å². The minimum absolute atomic E-state index is 0.248. The lowest BCUT2D eigenvalue weighted by Gasteiger charge is -2.18. The molecule has 0 radical (unpaired) electrons. The first-order valence-corrected chi connectivity index (χ1v) is 6.16. The maximum Gasteiger partial charge on any atom is 0.330 e. The van der Waals surface area contributed by atoms with Gasteiger partial charge in [-0.3, -0.25) is 4.79 Å². The largest absolute Gasteiger partial charge is 0.479 e. The predicted octanol–water partition coefficient (Wildman–Crippen LogP) is 2.51. The minimum atomic E-state index is -1.05. The summed E-state index contributed by atoms with van der Waals surface area (Å²) in [5, 5.41) is 11.8. The molecule has 0 aliphatic carbocycles. The fourth-order valence-corrected chi connectivity index (χ4v) is 1.83. The van der Waals surface area contributed by atoms with Gasteiger partial charge in [0.2, 0.25) is 5.91 Å². The summed E-state index contributed by atoms with van der Waals surface area (Å²) >= 11 is 0. The lowest BCUT2D eigenvalue weighted by molar-refractivity contribution is -0.142. The molecular weight excluding hydrogens is 242 g/mol. The normalized spacial score (nSPS) is 11.7. The third-order valence-corrected chi connectivity index (χ3v) is 3.09. The van der Waals surface area contributed by atoms with Crippen LogP contribution in [0.3, 0.4) is 0 Å². The van der Waals surface area contributed by atoms with Crippen LogP contribution < -0.4 is 5.32 Å². The molecule has 1 unspecified atom stereocenters. The zero-order valence-electron chi connectivity index (χ0n) is 11.3. The first-order valence-electron chi connectivity index (χ1n) is 6.16. The van der Waals surface area contributed by atoms with Gasteiger partial charge in [-0.2, -0.15) is 0 Å². The predicted molar refractivity (Wildman–Crippen MR) is 73.9 cm³/mol. The molecule has 0 aliphatic heterocycles. The molecule has 0 fully saturated rings. The number of rotatable bonds is 6. The molecule has 1 atom stereocenters. The van der Waals surface area contributed by atoms with Gasteiger partial charge in [0.05, 0.1) is 0 Å². The number of nitrogens with one attached hydrogen (secondary N) is 1. The Labute approximate surface area is 113 Å². The summed E-state index contributed by atoms with van der Waals surface area (Å²) in [7, 11) is 0. The molecule has 1 aromatic rings. The number of allylic oxidation sites excluding steroid dienone is 1. The van der Waals surface area contributed by atoms with Crippen molar-refractivity contribution in [2.75, 3.05) is 0 Å². The number of hydrogen-bond acceptors (Lipinski definition) is 2. The van der Waals surface area contributed by atoms with Gasteiger partial charge in [0.15, 0.2) is 6.04 Å². The highest BCUT2D eigenvalue weighted by molar-refractivity contribution is 5.85. The molecule has 1 aromatic carbocycles. The number of carbonyl (C=O) groups excluding carboxylic acids is 1. The van der Waals surface area contributed by atoms with E-state index in [2.05, 4.69) is 11.9 Å². The van der Waals surface area contributed by atoms with E-state index in [1.807, 2.05) is 19.9 Å². The maximum atomic E-state index is 11.7. The number of hydrogen-bond donors (Lipinski definition) is 2. The van der Waals surface area contributed by atoms with Crippen molar-refractivity contribution in [3.8, 4) is 0 Å². The summed E-state index contributed by atoms with van der Waals surface area (Å²) < 4.78 is 0. The molecule has 4 nitrogen and oxygen atoms in total. The summed E-state index contributed by atoms with van der Waals surface area (Å²) in [6, 6.07) is 4.44. The zero-order valence-corrected chi connectivity index (χ0v) is 11.3. The van der Waals surface area contributed by atoms with Crippen LogP contribution in [0.25, 0.3) is 0 Å². The van der Waals surface area contributed by atoms with Crippen molar-refractivity contribution in [1.29, 1.82) is 0 Å². The molecular formula is C15H19NO3. The number of aliphatic carboxylic acids is 1. The fourth-order valence-electron chi connectivity index (χ4n) is 1.83. The number of carboxylic acids is 1. The van der Waals surface area contributed by atoms with Crippen LogP contribution in [0.5, 0.6) is 0 Å². The highest BCUT2D eigenvalue weighted by atomic mass is 16.4. The third kappa shape index (κ3) is 3.95. The van der Waals surface area contributed by atoms with Crippen molar-refractivity contribution in [3.63, 3.8) is 0 Å². The topological polar surface area (TPSA) is 66.4 Å². The molecule has 19 heavy (non-hydrogen) atoms. The van der Waals surface area contributed by atoms with Crippen LogP contribution in [0.2, 0.25) is 0 Å². The number of carbonyl (C=O) groups is 2. The number of carboxylic acid groups (broad SMARTS) is 1. The second-order valence-corrected chi connectivity index (χ2v) is 4.46. The Balaban J connectivity index is 2.95. The van der Waals surface area contributed by atoms with Crippen molar-refractivity contribution < 1.29 is 14.7 Å². The molecule has 4 heteroatoms. The average molecular weight is 261 g/mol. The minimum Gasteiger partial charge on any atom is -0.479 e. The standard InChI is InChI=1S/C15H19NO3/c1-4-5-9-13(17)16-14(15(18)19)12-8-6-7-10(2)11(12)3/h4,6-8,14H,1,5,9H2,2-3H3,(H,16,17)(H,18,19). The van der Waals surface area contributed by atoms with Gasteiger partial charge in [0.25, 0.3) is 0 Å². The SMILES string of the molecule is C=CCCC(=O)NC(C(=O)O)c1cccc(C)c1C. The Morgan fingerprint density at radius 1 is 1.42 bits per heavy atom. The second-order valence-electron chi connectivity index (χ2n) is 4.46. The molecule has 0 bridgehead atoms. The summed E-state index contributed by atoms with van der Waals surface area (Å²) in [4.78, 5) is 23.0. The molecule has 0 saturated heterocycles. The van der Waals surface area contributed by atoms with Crippen molar-refractivity contribution in [1.82, 2.24) is 5.32 Å². The Morgan fingerprint density at radius 2 is 2.11 bits per heavy atom. The van der Waals surface area contributed by atoms with Crippen molar-refractivity contribution in [3.05, 3.63) is 47.5 Å². The molecule has 0 saturated carbocycles. The van der Waals surface area contributed by atoms with Gasteiger partial charge < -0.3 is 10.4 Å². The monoisotopic (exact) mass is 261 g/mol. The van der Waals surface area contributed by atoms with Crippen molar-refractivity contribution in [2.45, 2.75) is 32.7 Å². The Hall–Kier alpha value is -2.10. The van der Waals surface area contributed by atoms with E-state index in [0.29, 0.717) is 12.0 Å². The van der Waals surface area contributed by atoms with E-state index in [4.69, 9.17) is 0 Å². The van der Waals surface area contributed by atoms with Crippen LogP contribution in [0.1, 0.15) is 35.6 Å². The fraction of sp³-hybridized carbons (Fsp3) is 0.333. The molecule has 0 aliphatic rings. The molecule has 0 heterocycles. The summed E-state index contributed by atoms with van der Waals surface area (Å²) in [6.07, 6.45) is 2.41.